The number of hydrogen-bond donors (Lipinski definition) is 0. The van der Waals surface area contributed by atoms with Crippen LogP contribution in [0.25, 0.3) is 0 Å². The Labute approximate surface area is 109 Å². The van der Waals surface area contributed by atoms with Crippen LogP contribution < -0.4 is 4.74 Å². The molecule has 1 heterocycles. The average molecular weight is 247 g/mol. The summed E-state index contributed by atoms with van der Waals surface area (Å²) in [5, 5.41) is 0. The predicted molar refractivity (Wildman–Crippen MR) is 71.7 cm³/mol. The first-order valence-electron chi connectivity index (χ1n) is 6.55. The molecule has 0 amide bonds. The van der Waals surface area contributed by atoms with Crippen molar-refractivity contribution in [2.45, 2.75) is 26.3 Å². The second kappa shape index (κ2) is 6.01. The summed E-state index contributed by atoms with van der Waals surface area (Å²) < 4.78 is 5.37. The maximum Gasteiger partial charge on any atom is 0.134 e. The highest BCUT2D eigenvalue weighted by atomic mass is 16.5. The van der Waals surface area contributed by atoms with Crippen molar-refractivity contribution in [3.05, 3.63) is 29.8 Å². The lowest BCUT2D eigenvalue weighted by Crippen LogP contribution is -2.37. The molecule has 98 valence electrons. The van der Waals surface area contributed by atoms with Crippen molar-refractivity contribution in [1.82, 2.24) is 4.90 Å². The molecule has 1 aromatic rings. The number of ketones is 1. The Kier molecular flexibility index (Phi) is 4.37. The quantitative estimate of drug-likeness (QED) is 0.818. The maximum atomic E-state index is 11.5. The third-order valence-electron chi connectivity index (χ3n) is 3.67. The number of hydrogen-bond acceptors (Lipinski definition) is 3. The van der Waals surface area contributed by atoms with Gasteiger partial charge < -0.3 is 4.74 Å². The van der Waals surface area contributed by atoms with Crippen molar-refractivity contribution in [2.75, 3.05) is 20.2 Å². The number of carbonyl (C=O) groups is 1. The molecular weight excluding hydrogens is 226 g/mol. The molecule has 0 aliphatic carbocycles. The highest BCUT2D eigenvalue weighted by Crippen LogP contribution is 2.23. The van der Waals surface area contributed by atoms with Gasteiger partial charge in [0, 0.05) is 24.6 Å². The Morgan fingerprint density at radius 1 is 1.44 bits per heavy atom. The number of ether oxygens (including phenoxy) is 1. The fourth-order valence-corrected chi connectivity index (χ4v) is 2.61. The van der Waals surface area contributed by atoms with Crippen LogP contribution >= 0.6 is 0 Å². The van der Waals surface area contributed by atoms with Crippen LogP contribution in [0.1, 0.15) is 25.3 Å². The number of carbonyl (C=O) groups excluding carboxylic acids is 1. The molecule has 18 heavy (non-hydrogen) atoms. The van der Waals surface area contributed by atoms with Crippen molar-refractivity contribution >= 4 is 5.78 Å². The average Bonchev–Trinajstić information content (AvgIpc) is 2.39. The molecule has 0 N–H and O–H groups in total. The molecule has 0 saturated carbocycles. The minimum atomic E-state index is 0.216. The number of likely N-dealkylation sites (tertiary alicyclic amines) is 1. The third-order valence-corrected chi connectivity index (χ3v) is 3.67. The van der Waals surface area contributed by atoms with Crippen LogP contribution in [0.15, 0.2) is 24.3 Å². The largest absolute Gasteiger partial charge is 0.496 e. The molecular formula is C15H21NO2. The van der Waals surface area contributed by atoms with Crippen molar-refractivity contribution in [1.29, 1.82) is 0 Å². The fraction of sp³-hybridized carbons (Fsp3) is 0.533. The number of benzene rings is 1. The highest BCUT2D eigenvalue weighted by Gasteiger charge is 2.23. The lowest BCUT2D eigenvalue weighted by Gasteiger charge is -2.31. The zero-order valence-electron chi connectivity index (χ0n) is 11.2. The van der Waals surface area contributed by atoms with Crippen molar-refractivity contribution in [3.8, 4) is 5.75 Å². The van der Waals surface area contributed by atoms with Gasteiger partial charge in [-0.05, 0) is 32.4 Å². The Bertz CT molecular complexity index is 417. The maximum absolute atomic E-state index is 11.5. The van der Waals surface area contributed by atoms with Crippen molar-refractivity contribution < 1.29 is 9.53 Å². The Hall–Kier alpha value is -1.35. The van der Waals surface area contributed by atoms with Gasteiger partial charge in [-0.2, -0.15) is 0 Å². The van der Waals surface area contributed by atoms with Crippen LogP contribution in [0, 0.1) is 5.92 Å². The summed E-state index contributed by atoms with van der Waals surface area (Å²) in [5.74, 6) is 1.47. The van der Waals surface area contributed by atoms with Crippen LogP contribution in [-0.2, 0) is 11.3 Å². The van der Waals surface area contributed by atoms with E-state index in [4.69, 9.17) is 4.74 Å². The van der Waals surface area contributed by atoms with Gasteiger partial charge in [0.05, 0.1) is 7.11 Å². The smallest absolute Gasteiger partial charge is 0.134 e. The van der Waals surface area contributed by atoms with E-state index in [9.17, 15) is 4.79 Å². The number of rotatable bonds is 4. The molecule has 0 spiro atoms. The lowest BCUT2D eigenvalue weighted by molar-refractivity contribution is -0.122. The molecule has 1 atom stereocenters. The summed E-state index contributed by atoms with van der Waals surface area (Å²) in [4.78, 5) is 13.8. The third kappa shape index (κ3) is 3.10. The second-order valence-electron chi connectivity index (χ2n) is 5.00. The van der Waals surface area contributed by atoms with E-state index in [1.54, 1.807) is 14.0 Å². The molecule has 0 aromatic heterocycles. The molecule has 1 aromatic carbocycles. The van der Waals surface area contributed by atoms with Crippen LogP contribution in [0.5, 0.6) is 5.75 Å². The number of piperidine rings is 1. The standard InChI is InChI=1S/C15H21NO2/c1-12(17)13-7-5-9-16(10-13)11-14-6-3-4-8-15(14)18-2/h3-4,6,8,13H,5,7,9-11H2,1-2H3. The Morgan fingerprint density at radius 2 is 2.22 bits per heavy atom. The van der Waals surface area contributed by atoms with Gasteiger partial charge in [0.1, 0.15) is 11.5 Å². The van der Waals surface area contributed by atoms with Gasteiger partial charge in [-0.25, -0.2) is 0 Å². The van der Waals surface area contributed by atoms with Crippen LogP contribution in [0.4, 0.5) is 0 Å². The van der Waals surface area contributed by atoms with Gasteiger partial charge in [-0.15, -0.1) is 0 Å². The zero-order chi connectivity index (χ0) is 13.0. The molecule has 1 fully saturated rings. The van der Waals surface area contributed by atoms with E-state index in [0.717, 1.165) is 38.2 Å². The topological polar surface area (TPSA) is 29.5 Å². The molecule has 0 radical (unpaired) electrons. The summed E-state index contributed by atoms with van der Waals surface area (Å²) in [5.41, 5.74) is 1.20. The number of para-hydroxylation sites is 1. The first kappa shape index (κ1) is 13.1. The molecule has 1 aliphatic heterocycles. The molecule has 1 aliphatic rings. The van der Waals surface area contributed by atoms with E-state index < -0.39 is 0 Å². The van der Waals surface area contributed by atoms with E-state index in [1.165, 1.54) is 5.56 Å². The van der Waals surface area contributed by atoms with E-state index in [-0.39, 0.29) is 5.92 Å². The van der Waals surface area contributed by atoms with E-state index >= 15 is 0 Å². The van der Waals surface area contributed by atoms with Gasteiger partial charge in [0.25, 0.3) is 0 Å². The number of nitrogens with zero attached hydrogens (tertiary/aromatic N) is 1. The fourth-order valence-electron chi connectivity index (χ4n) is 2.61. The van der Waals surface area contributed by atoms with E-state index in [0.29, 0.717) is 5.78 Å². The summed E-state index contributed by atoms with van der Waals surface area (Å²) in [6.07, 6.45) is 2.15. The summed E-state index contributed by atoms with van der Waals surface area (Å²) in [6, 6.07) is 8.10. The first-order valence-corrected chi connectivity index (χ1v) is 6.55. The van der Waals surface area contributed by atoms with Gasteiger partial charge in [-0.1, -0.05) is 18.2 Å². The van der Waals surface area contributed by atoms with Crippen LogP contribution in [0.2, 0.25) is 0 Å². The first-order chi connectivity index (χ1) is 8.70. The lowest BCUT2D eigenvalue weighted by atomic mass is 9.94. The Balaban J connectivity index is 2.02. The van der Waals surface area contributed by atoms with Gasteiger partial charge in [0.15, 0.2) is 0 Å². The molecule has 1 unspecified atom stereocenters. The van der Waals surface area contributed by atoms with Gasteiger partial charge in [-0.3, -0.25) is 9.69 Å². The van der Waals surface area contributed by atoms with Crippen molar-refractivity contribution in [2.24, 2.45) is 5.92 Å². The monoisotopic (exact) mass is 247 g/mol. The highest BCUT2D eigenvalue weighted by molar-refractivity contribution is 5.78. The molecule has 0 bridgehead atoms. The minimum absolute atomic E-state index is 0.216. The number of methoxy groups -OCH3 is 1. The molecule has 3 nitrogen and oxygen atoms in total. The summed E-state index contributed by atoms with van der Waals surface area (Å²) in [6.45, 7) is 4.53. The second-order valence-corrected chi connectivity index (χ2v) is 5.00. The predicted octanol–water partition coefficient (Wildman–Crippen LogP) is 2.50. The van der Waals surface area contributed by atoms with E-state index in [1.807, 2.05) is 18.2 Å². The Morgan fingerprint density at radius 3 is 2.94 bits per heavy atom. The molecule has 2 rings (SSSR count). The van der Waals surface area contributed by atoms with Crippen LogP contribution in [0.3, 0.4) is 0 Å². The van der Waals surface area contributed by atoms with E-state index in [2.05, 4.69) is 11.0 Å². The molecule has 1 saturated heterocycles. The summed E-state index contributed by atoms with van der Waals surface area (Å²) >= 11 is 0. The molecule has 3 heteroatoms. The minimum Gasteiger partial charge on any atom is -0.496 e. The zero-order valence-corrected chi connectivity index (χ0v) is 11.2. The van der Waals surface area contributed by atoms with Crippen LogP contribution in [-0.4, -0.2) is 30.9 Å². The van der Waals surface area contributed by atoms with Gasteiger partial charge in [0.2, 0.25) is 0 Å². The summed E-state index contributed by atoms with van der Waals surface area (Å²) in [7, 11) is 1.70. The normalized spacial score (nSPS) is 20.7. The van der Waals surface area contributed by atoms with Crippen molar-refractivity contribution in [3.63, 3.8) is 0 Å². The SMILES string of the molecule is COc1ccccc1CN1CCCC(C(C)=O)C1. The number of Topliss-reactive ketones (excluding diaryl/α,β-unsaturated/α-hetero) is 1. The van der Waals surface area contributed by atoms with Gasteiger partial charge >= 0.3 is 0 Å².